The largest absolute Gasteiger partial charge is 0.339 e. The van der Waals surface area contributed by atoms with E-state index < -0.39 is 0 Å². The SMILES string of the molecule is CCN(CC1CCNCC1)C(=O)c1cnn(C)c1. The Labute approximate surface area is 108 Å². The molecule has 1 aliphatic rings. The van der Waals surface area contributed by atoms with E-state index in [9.17, 15) is 4.79 Å². The van der Waals surface area contributed by atoms with Gasteiger partial charge in [0.1, 0.15) is 0 Å². The summed E-state index contributed by atoms with van der Waals surface area (Å²) in [5.41, 5.74) is 0.688. The fourth-order valence-electron chi connectivity index (χ4n) is 2.45. The Morgan fingerprint density at radius 1 is 1.56 bits per heavy atom. The van der Waals surface area contributed by atoms with Crippen molar-refractivity contribution in [2.24, 2.45) is 13.0 Å². The number of nitrogens with zero attached hydrogens (tertiary/aromatic N) is 3. The number of piperidine rings is 1. The summed E-state index contributed by atoms with van der Waals surface area (Å²) in [6.45, 7) is 5.81. The van der Waals surface area contributed by atoms with Gasteiger partial charge in [0.25, 0.3) is 5.91 Å². The second-order valence-electron chi connectivity index (χ2n) is 4.94. The zero-order valence-electron chi connectivity index (χ0n) is 11.2. The minimum Gasteiger partial charge on any atom is -0.339 e. The van der Waals surface area contributed by atoms with Crippen LogP contribution in [0.3, 0.4) is 0 Å². The van der Waals surface area contributed by atoms with Crippen LogP contribution in [0, 0.1) is 5.92 Å². The van der Waals surface area contributed by atoms with Gasteiger partial charge in [-0.05, 0) is 38.8 Å². The lowest BCUT2D eigenvalue weighted by Gasteiger charge is -2.29. The van der Waals surface area contributed by atoms with E-state index in [-0.39, 0.29) is 5.91 Å². The Bertz CT molecular complexity index is 395. The molecule has 1 fully saturated rings. The van der Waals surface area contributed by atoms with Crippen LogP contribution in [-0.2, 0) is 7.05 Å². The predicted molar refractivity (Wildman–Crippen MR) is 70.4 cm³/mol. The number of nitrogens with one attached hydrogen (secondary N) is 1. The molecule has 2 rings (SSSR count). The Kier molecular flexibility index (Phi) is 4.36. The molecule has 1 aliphatic heterocycles. The van der Waals surface area contributed by atoms with Gasteiger partial charge in [0.15, 0.2) is 0 Å². The summed E-state index contributed by atoms with van der Waals surface area (Å²) in [4.78, 5) is 14.3. The van der Waals surface area contributed by atoms with Gasteiger partial charge in [0.05, 0.1) is 11.8 Å². The van der Waals surface area contributed by atoms with Gasteiger partial charge in [-0.1, -0.05) is 0 Å². The number of hydrogen-bond donors (Lipinski definition) is 1. The van der Waals surface area contributed by atoms with Gasteiger partial charge in [0.2, 0.25) is 0 Å². The first-order valence-corrected chi connectivity index (χ1v) is 6.69. The number of rotatable bonds is 4. The average Bonchev–Trinajstić information content (AvgIpc) is 2.83. The maximum absolute atomic E-state index is 12.3. The first-order valence-electron chi connectivity index (χ1n) is 6.69. The molecule has 1 amide bonds. The summed E-state index contributed by atoms with van der Waals surface area (Å²) in [5, 5.41) is 7.41. The highest BCUT2D eigenvalue weighted by Gasteiger charge is 2.21. The van der Waals surface area contributed by atoms with Crippen molar-refractivity contribution in [2.45, 2.75) is 19.8 Å². The monoisotopic (exact) mass is 250 g/mol. The van der Waals surface area contributed by atoms with Crippen LogP contribution in [0.25, 0.3) is 0 Å². The van der Waals surface area contributed by atoms with E-state index in [1.807, 2.05) is 18.9 Å². The molecule has 0 aromatic carbocycles. The third kappa shape index (κ3) is 3.10. The lowest BCUT2D eigenvalue weighted by atomic mass is 9.97. The third-order valence-corrected chi connectivity index (χ3v) is 3.56. The zero-order chi connectivity index (χ0) is 13.0. The van der Waals surface area contributed by atoms with Crippen molar-refractivity contribution in [2.75, 3.05) is 26.2 Å². The molecule has 100 valence electrons. The number of amides is 1. The minimum absolute atomic E-state index is 0.101. The van der Waals surface area contributed by atoms with Gasteiger partial charge < -0.3 is 10.2 Å². The molecule has 1 aromatic rings. The normalized spacial score (nSPS) is 16.8. The summed E-state index contributed by atoms with van der Waals surface area (Å²) in [6, 6.07) is 0. The molecule has 0 spiro atoms. The van der Waals surface area contributed by atoms with Gasteiger partial charge in [-0.2, -0.15) is 5.10 Å². The molecule has 0 aliphatic carbocycles. The summed E-state index contributed by atoms with van der Waals surface area (Å²) < 4.78 is 1.67. The Morgan fingerprint density at radius 3 is 2.83 bits per heavy atom. The van der Waals surface area contributed by atoms with Crippen molar-refractivity contribution in [3.63, 3.8) is 0 Å². The molecule has 1 N–H and O–H groups in total. The Balaban J connectivity index is 1.97. The molecule has 0 saturated carbocycles. The molecule has 1 saturated heterocycles. The quantitative estimate of drug-likeness (QED) is 0.863. The van der Waals surface area contributed by atoms with E-state index in [2.05, 4.69) is 10.4 Å². The molecule has 0 unspecified atom stereocenters. The third-order valence-electron chi connectivity index (χ3n) is 3.56. The second kappa shape index (κ2) is 6.00. The van der Waals surface area contributed by atoms with E-state index in [1.165, 1.54) is 0 Å². The van der Waals surface area contributed by atoms with E-state index in [0.717, 1.165) is 39.0 Å². The number of aryl methyl sites for hydroxylation is 1. The number of hydrogen-bond acceptors (Lipinski definition) is 3. The first kappa shape index (κ1) is 13.1. The van der Waals surface area contributed by atoms with Gasteiger partial charge in [-0.15, -0.1) is 0 Å². The molecule has 5 heteroatoms. The van der Waals surface area contributed by atoms with E-state index in [4.69, 9.17) is 0 Å². The van der Waals surface area contributed by atoms with Crippen LogP contribution in [0.4, 0.5) is 0 Å². The Hall–Kier alpha value is -1.36. The van der Waals surface area contributed by atoms with E-state index in [0.29, 0.717) is 11.5 Å². The highest BCUT2D eigenvalue weighted by atomic mass is 16.2. The summed E-state index contributed by atoms with van der Waals surface area (Å²) in [5.74, 6) is 0.732. The van der Waals surface area contributed by atoms with Gasteiger partial charge >= 0.3 is 0 Å². The number of aromatic nitrogens is 2. The zero-order valence-corrected chi connectivity index (χ0v) is 11.2. The Morgan fingerprint density at radius 2 is 2.28 bits per heavy atom. The van der Waals surface area contributed by atoms with Gasteiger partial charge in [-0.3, -0.25) is 9.48 Å². The van der Waals surface area contributed by atoms with Crippen LogP contribution in [0.15, 0.2) is 12.4 Å². The second-order valence-corrected chi connectivity index (χ2v) is 4.94. The summed E-state index contributed by atoms with van der Waals surface area (Å²) in [7, 11) is 1.83. The topological polar surface area (TPSA) is 50.2 Å². The van der Waals surface area contributed by atoms with Crippen LogP contribution in [-0.4, -0.2) is 46.8 Å². The van der Waals surface area contributed by atoms with E-state index >= 15 is 0 Å². The fourth-order valence-corrected chi connectivity index (χ4v) is 2.45. The smallest absolute Gasteiger partial charge is 0.257 e. The summed E-state index contributed by atoms with van der Waals surface area (Å²) >= 11 is 0. The maximum atomic E-state index is 12.3. The van der Waals surface area contributed by atoms with Crippen LogP contribution < -0.4 is 5.32 Å². The van der Waals surface area contributed by atoms with Crippen molar-refractivity contribution in [3.05, 3.63) is 18.0 Å². The molecule has 0 atom stereocenters. The van der Waals surface area contributed by atoms with Crippen molar-refractivity contribution < 1.29 is 4.79 Å². The van der Waals surface area contributed by atoms with Crippen molar-refractivity contribution in [3.8, 4) is 0 Å². The predicted octanol–water partition coefficient (Wildman–Crippen LogP) is 0.882. The maximum Gasteiger partial charge on any atom is 0.257 e. The number of carbonyl (C=O) groups excluding carboxylic acids is 1. The van der Waals surface area contributed by atoms with Crippen molar-refractivity contribution in [1.29, 1.82) is 0 Å². The van der Waals surface area contributed by atoms with Gasteiger partial charge in [0, 0.05) is 26.3 Å². The minimum atomic E-state index is 0.101. The molecule has 18 heavy (non-hydrogen) atoms. The van der Waals surface area contributed by atoms with Gasteiger partial charge in [-0.25, -0.2) is 0 Å². The van der Waals surface area contributed by atoms with Crippen molar-refractivity contribution in [1.82, 2.24) is 20.0 Å². The number of carbonyl (C=O) groups is 1. The standard InChI is InChI=1S/C13H22N4O/c1-3-17(9-11-4-6-14-7-5-11)13(18)12-8-15-16(2)10-12/h8,10-11,14H,3-7,9H2,1-2H3. The molecule has 0 bridgehead atoms. The lowest BCUT2D eigenvalue weighted by molar-refractivity contribution is 0.0726. The molecule has 5 nitrogen and oxygen atoms in total. The molecule has 1 aromatic heterocycles. The average molecular weight is 250 g/mol. The van der Waals surface area contributed by atoms with E-state index in [1.54, 1.807) is 17.1 Å². The molecular formula is C13H22N4O. The molecule has 2 heterocycles. The van der Waals surface area contributed by atoms with Crippen LogP contribution in [0.2, 0.25) is 0 Å². The first-order chi connectivity index (χ1) is 8.70. The lowest BCUT2D eigenvalue weighted by Crippen LogP contribution is -2.39. The summed E-state index contributed by atoms with van der Waals surface area (Å²) in [6.07, 6.45) is 5.76. The van der Waals surface area contributed by atoms with Crippen LogP contribution in [0.5, 0.6) is 0 Å². The van der Waals surface area contributed by atoms with Crippen LogP contribution >= 0.6 is 0 Å². The molecular weight excluding hydrogens is 228 g/mol. The highest BCUT2D eigenvalue weighted by molar-refractivity contribution is 5.93. The van der Waals surface area contributed by atoms with Crippen molar-refractivity contribution >= 4 is 5.91 Å². The highest BCUT2D eigenvalue weighted by Crippen LogP contribution is 2.15. The van der Waals surface area contributed by atoms with Crippen LogP contribution in [0.1, 0.15) is 30.1 Å². The fraction of sp³-hybridized carbons (Fsp3) is 0.692. The molecule has 0 radical (unpaired) electrons.